The molecule has 4 rings (SSSR count). The maximum atomic E-state index is 12.8. The summed E-state index contributed by atoms with van der Waals surface area (Å²) in [7, 11) is 0. The van der Waals surface area contributed by atoms with Crippen LogP contribution in [0.4, 0.5) is 0 Å². The van der Waals surface area contributed by atoms with E-state index in [4.69, 9.17) is 4.74 Å². The van der Waals surface area contributed by atoms with E-state index in [0.29, 0.717) is 6.54 Å². The van der Waals surface area contributed by atoms with Gasteiger partial charge in [0.05, 0.1) is 0 Å². The minimum absolute atomic E-state index is 0.0598. The smallest absolute Gasteiger partial charge is 0.260 e. The lowest BCUT2D eigenvalue weighted by atomic mass is 9.62. The Morgan fingerprint density at radius 2 is 2.11 bits per heavy atom. The molecule has 27 heavy (non-hydrogen) atoms. The number of likely N-dealkylation sites (tertiary alicyclic amines) is 1. The lowest BCUT2D eigenvalue weighted by molar-refractivity contribution is -0.133. The van der Waals surface area contributed by atoms with Gasteiger partial charge in [-0.25, -0.2) is 0 Å². The predicted octanol–water partition coefficient (Wildman–Crippen LogP) is 3.09. The Morgan fingerprint density at radius 1 is 1.30 bits per heavy atom. The summed E-state index contributed by atoms with van der Waals surface area (Å²) in [6, 6.07) is 5.95. The van der Waals surface area contributed by atoms with Gasteiger partial charge in [-0.2, -0.15) is 0 Å². The van der Waals surface area contributed by atoms with Crippen molar-refractivity contribution in [3.05, 3.63) is 41.5 Å². The minimum atomic E-state index is 0.0598. The van der Waals surface area contributed by atoms with E-state index < -0.39 is 0 Å². The Morgan fingerprint density at radius 3 is 2.78 bits per heavy atom. The van der Waals surface area contributed by atoms with Gasteiger partial charge >= 0.3 is 0 Å². The number of amides is 1. The molecule has 1 saturated carbocycles. The van der Waals surface area contributed by atoms with Crippen LogP contribution in [0.25, 0.3) is 0 Å². The molecule has 1 spiro atoms. The standard InChI is InChI=1S/C21H28N4O2/c1-4-24-14-22-23-20(24)18-11-25(13-21(18)8-5-9-21)19(26)12-27-17-7-6-15(2)16(3)10-17/h6-7,10,14,18H,4-5,8-9,11-13H2,1-3H3. The van der Waals surface area contributed by atoms with Gasteiger partial charge < -0.3 is 14.2 Å². The first-order valence-electron chi connectivity index (χ1n) is 9.88. The largest absolute Gasteiger partial charge is 0.484 e. The summed E-state index contributed by atoms with van der Waals surface area (Å²) in [5.74, 6) is 2.12. The lowest BCUT2D eigenvalue weighted by Gasteiger charge is -2.42. The van der Waals surface area contributed by atoms with Crippen LogP contribution >= 0.6 is 0 Å². The third-order valence-electron chi connectivity index (χ3n) is 6.49. The number of aryl methyl sites for hydroxylation is 3. The Labute approximate surface area is 160 Å². The van der Waals surface area contributed by atoms with Crippen molar-refractivity contribution in [2.45, 2.75) is 52.5 Å². The average molecular weight is 368 g/mol. The number of hydrogen-bond donors (Lipinski definition) is 0. The third kappa shape index (κ3) is 3.22. The van der Waals surface area contributed by atoms with E-state index in [2.05, 4.69) is 35.5 Å². The molecule has 1 aliphatic carbocycles. The second-order valence-electron chi connectivity index (χ2n) is 8.05. The molecule has 1 unspecified atom stereocenters. The molecule has 2 heterocycles. The van der Waals surface area contributed by atoms with Crippen molar-refractivity contribution >= 4 is 5.91 Å². The van der Waals surface area contributed by atoms with Crippen molar-refractivity contribution in [3.63, 3.8) is 0 Å². The molecular weight excluding hydrogens is 340 g/mol. The van der Waals surface area contributed by atoms with Gasteiger partial charge in [-0.05, 0) is 62.3 Å². The number of rotatable bonds is 5. The Bertz CT molecular complexity index is 840. The highest BCUT2D eigenvalue weighted by Gasteiger charge is 2.53. The second kappa shape index (κ2) is 6.98. The van der Waals surface area contributed by atoms with Crippen molar-refractivity contribution in [2.24, 2.45) is 5.41 Å². The maximum Gasteiger partial charge on any atom is 0.260 e. The zero-order chi connectivity index (χ0) is 19.0. The molecule has 0 N–H and O–H groups in total. The fourth-order valence-corrected chi connectivity index (χ4v) is 4.47. The van der Waals surface area contributed by atoms with Crippen LogP contribution in [-0.2, 0) is 11.3 Å². The molecule has 2 aliphatic rings. The van der Waals surface area contributed by atoms with Gasteiger partial charge in [0.2, 0.25) is 0 Å². The first-order chi connectivity index (χ1) is 13.0. The van der Waals surface area contributed by atoms with Crippen LogP contribution in [0.1, 0.15) is 49.1 Å². The summed E-state index contributed by atoms with van der Waals surface area (Å²) >= 11 is 0. The molecule has 2 aromatic rings. The first kappa shape index (κ1) is 18.0. The lowest BCUT2D eigenvalue weighted by Crippen LogP contribution is -2.39. The van der Waals surface area contributed by atoms with E-state index in [1.54, 1.807) is 6.33 Å². The molecule has 6 heteroatoms. The van der Waals surface area contributed by atoms with Crippen molar-refractivity contribution in [1.29, 1.82) is 0 Å². The van der Waals surface area contributed by atoms with Crippen molar-refractivity contribution in [2.75, 3.05) is 19.7 Å². The molecule has 1 aliphatic heterocycles. The molecule has 144 valence electrons. The third-order valence-corrected chi connectivity index (χ3v) is 6.49. The Hall–Kier alpha value is -2.37. The Kier molecular flexibility index (Phi) is 4.66. The molecule has 1 aromatic heterocycles. The van der Waals surface area contributed by atoms with Crippen LogP contribution < -0.4 is 4.74 Å². The van der Waals surface area contributed by atoms with Gasteiger partial charge in [-0.15, -0.1) is 10.2 Å². The van der Waals surface area contributed by atoms with E-state index >= 15 is 0 Å². The van der Waals surface area contributed by atoms with Crippen LogP contribution in [0, 0.1) is 19.3 Å². The number of hydrogen-bond acceptors (Lipinski definition) is 4. The molecule has 1 amide bonds. The van der Waals surface area contributed by atoms with Gasteiger partial charge in [0.25, 0.3) is 5.91 Å². The molecule has 1 atom stereocenters. The normalized spacial score (nSPS) is 20.7. The monoisotopic (exact) mass is 368 g/mol. The summed E-state index contributed by atoms with van der Waals surface area (Å²) in [5.41, 5.74) is 2.58. The van der Waals surface area contributed by atoms with E-state index in [1.165, 1.54) is 17.5 Å². The van der Waals surface area contributed by atoms with Gasteiger partial charge in [-0.3, -0.25) is 4.79 Å². The zero-order valence-electron chi connectivity index (χ0n) is 16.4. The zero-order valence-corrected chi connectivity index (χ0v) is 16.4. The second-order valence-corrected chi connectivity index (χ2v) is 8.05. The fourth-order valence-electron chi connectivity index (χ4n) is 4.47. The Balaban J connectivity index is 1.45. The van der Waals surface area contributed by atoms with E-state index in [1.807, 2.05) is 23.1 Å². The molecular formula is C21H28N4O2. The summed E-state index contributed by atoms with van der Waals surface area (Å²) in [4.78, 5) is 14.8. The van der Waals surface area contributed by atoms with E-state index in [-0.39, 0.29) is 23.8 Å². The van der Waals surface area contributed by atoms with Crippen molar-refractivity contribution in [1.82, 2.24) is 19.7 Å². The van der Waals surface area contributed by atoms with Gasteiger partial charge in [-0.1, -0.05) is 12.5 Å². The molecule has 1 aromatic carbocycles. The van der Waals surface area contributed by atoms with Crippen molar-refractivity contribution in [3.8, 4) is 5.75 Å². The molecule has 2 fully saturated rings. The highest BCUT2D eigenvalue weighted by atomic mass is 16.5. The summed E-state index contributed by atoms with van der Waals surface area (Å²) in [6.07, 6.45) is 5.36. The van der Waals surface area contributed by atoms with Crippen LogP contribution in [0.15, 0.2) is 24.5 Å². The van der Waals surface area contributed by atoms with E-state index in [0.717, 1.165) is 37.5 Å². The summed E-state index contributed by atoms with van der Waals surface area (Å²) < 4.78 is 7.90. The molecule has 0 radical (unpaired) electrons. The predicted molar refractivity (Wildman–Crippen MR) is 103 cm³/mol. The average Bonchev–Trinajstić information content (AvgIpc) is 3.25. The van der Waals surface area contributed by atoms with Crippen LogP contribution in [0.5, 0.6) is 5.75 Å². The minimum Gasteiger partial charge on any atom is -0.484 e. The van der Waals surface area contributed by atoms with Crippen LogP contribution in [0.2, 0.25) is 0 Å². The van der Waals surface area contributed by atoms with Gasteiger partial charge in [0, 0.05) is 25.6 Å². The quantitative estimate of drug-likeness (QED) is 0.814. The number of aromatic nitrogens is 3. The topological polar surface area (TPSA) is 60.2 Å². The highest BCUT2D eigenvalue weighted by molar-refractivity contribution is 5.78. The molecule has 1 saturated heterocycles. The van der Waals surface area contributed by atoms with Crippen LogP contribution in [0.3, 0.4) is 0 Å². The van der Waals surface area contributed by atoms with E-state index in [9.17, 15) is 4.79 Å². The number of ether oxygens (including phenoxy) is 1. The molecule has 6 nitrogen and oxygen atoms in total. The fraction of sp³-hybridized carbons (Fsp3) is 0.571. The molecule has 0 bridgehead atoms. The maximum absolute atomic E-state index is 12.8. The SMILES string of the molecule is CCn1cnnc1C1CN(C(=O)COc2ccc(C)c(C)c2)CC12CCC2. The summed E-state index contributed by atoms with van der Waals surface area (Å²) in [6.45, 7) is 8.71. The van der Waals surface area contributed by atoms with Gasteiger partial charge in [0.15, 0.2) is 6.61 Å². The number of carbonyl (C=O) groups is 1. The van der Waals surface area contributed by atoms with Crippen molar-refractivity contribution < 1.29 is 9.53 Å². The number of nitrogens with zero attached hydrogens (tertiary/aromatic N) is 4. The van der Waals surface area contributed by atoms with Crippen LogP contribution in [-0.4, -0.2) is 45.3 Å². The number of benzene rings is 1. The first-order valence-corrected chi connectivity index (χ1v) is 9.88. The summed E-state index contributed by atoms with van der Waals surface area (Å²) in [5, 5.41) is 8.50. The van der Waals surface area contributed by atoms with Gasteiger partial charge in [0.1, 0.15) is 17.9 Å². The highest BCUT2D eigenvalue weighted by Crippen LogP contribution is 2.55. The number of carbonyl (C=O) groups excluding carboxylic acids is 1.